The number of nitrogens with one attached hydrogen (secondary N) is 1. The third kappa shape index (κ3) is 3.66. The topological polar surface area (TPSA) is 24.4 Å². The van der Waals surface area contributed by atoms with Gasteiger partial charge >= 0.3 is 0 Å². The summed E-state index contributed by atoms with van der Waals surface area (Å²) in [6.07, 6.45) is 15.6. The molecule has 0 bridgehead atoms. The van der Waals surface area contributed by atoms with Gasteiger partial charge in [0.2, 0.25) is 0 Å². The van der Waals surface area contributed by atoms with Crippen molar-refractivity contribution in [2.24, 2.45) is 5.10 Å². The summed E-state index contributed by atoms with van der Waals surface area (Å²) in [6, 6.07) is 0. The van der Waals surface area contributed by atoms with Gasteiger partial charge in [-0.05, 0) is 50.5 Å². The van der Waals surface area contributed by atoms with E-state index in [1.807, 2.05) is 0 Å². The maximum atomic E-state index is 4.58. The second-order valence-electron chi connectivity index (χ2n) is 4.96. The molecule has 1 aliphatic carbocycles. The summed E-state index contributed by atoms with van der Waals surface area (Å²) < 4.78 is 0. The Kier molecular flexibility index (Phi) is 4.91. The highest BCUT2D eigenvalue weighted by atomic mass is 15.3. The van der Waals surface area contributed by atoms with Crippen LogP contribution in [0.15, 0.2) is 16.8 Å². The minimum Gasteiger partial charge on any atom is -0.310 e. The summed E-state index contributed by atoms with van der Waals surface area (Å²) in [7, 11) is 0. The molecule has 0 aromatic rings. The second-order valence-corrected chi connectivity index (χ2v) is 4.96. The number of hydrogen-bond donors (Lipinski definition) is 1. The summed E-state index contributed by atoms with van der Waals surface area (Å²) in [4.78, 5) is 0. The molecule has 0 aromatic carbocycles. The molecule has 2 heteroatoms. The van der Waals surface area contributed by atoms with Gasteiger partial charge in [-0.15, -0.1) is 0 Å². The van der Waals surface area contributed by atoms with Crippen LogP contribution in [0.25, 0.3) is 0 Å². The number of rotatable bonds is 1. The van der Waals surface area contributed by atoms with Gasteiger partial charge in [-0.3, -0.25) is 0 Å². The van der Waals surface area contributed by atoms with Crippen molar-refractivity contribution in [3.05, 3.63) is 11.6 Å². The van der Waals surface area contributed by atoms with Crippen molar-refractivity contribution in [2.75, 3.05) is 6.54 Å². The first-order valence-electron chi connectivity index (χ1n) is 6.95. The Bertz CT molecular complexity index is 238. The zero-order valence-electron chi connectivity index (χ0n) is 10.3. The predicted octanol–water partition coefficient (Wildman–Crippen LogP) is 3.79. The van der Waals surface area contributed by atoms with Crippen LogP contribution in [-0.4, -0.2) is 12.3 Å². The van der Waals surface area contributed by atoms with Gasteiger partial charge in [0.05, 0.1) is 5.71 Å². The molecule has 0 saturated carbocycles. The Labute approximate surface area is 99.2 Å². The third-order valence-electron chi connectivity index (χ3n) is 3.58. The van der Waals surface area contributed by atoms with Gasteiger partial charge in [-0.2, -0.15) is 5.10 Å². The highest BCUT2D eigenvalue weighted by molar-refractivity contribution is 5.99. The van der Waals surface area contributed by atoms with Gasteiger partial charge in [0, 0.05) is 6.54 Å². The number of hydrazone groups is 1. The summed E-state index contributed by atoms with van der Waals surface area (Å²) >= 11 is 0. The molecule has 1 aliphatic heterocycles. The molecular formula is C14H24N2. The molecule has 0 spiro atoms. The Balaban J connectivity index is 2.01. The normalized spacial score (nSPS) is 30.5. The zero-order valence-corrected chi connectivity index (χ0v) is 10.3. The van der Waals surface area contributed by atoms with Crippen LogP contribution in [0.2, 0.25) is 0 Å². The largest absolute Gasteiger partial charge is 0.310 e. The molecule has 2 aliphatic rings. The van der Waals surface area contributed by atoms with Crippen molar-refractivity contribution in [1.82, 2.24) is 5.43 Å². The first-order chi connectivity index (χ1) is 7.97. The fourth-order valence-electron chi connectivity index (χ4n) is 2.57. The average Bonchev–Trinajstić information content (AvgIpc) is 2.18. The molecule has 1 N–H and O–H groups in total. The molecule has 0 fully saturated rings. The summed E-state index contributed by atoms with van der Waals surface area (Å²) in [5.41, 5.74) is 6.10. The minimum absolute atomic E-state index is 1.05. The maximum Gasteiger partial charge on any atom is 0.0631 e. The van der Waals surface area contributed by atoms with E-state index in [-0.39, 0.29) is 0 Å². The zero-order chi connectivity index (χ0) is 11.1. The van der Waals surface area contributed by atoms with E-state index in [4.69, 9.17) is 0 Å². The van der Waals surface area contributed by atoms with Gasteiger partial charge in [-0.25, -0.2) is 0 Å². The molecule has 2 rings (SSSR count). The van der Waals surface area contributed by atoms with Crippen LogP contribution >= 0.6 is 0 Å². The first-order valence-corrected chi connectivity index (χ1v) is 6.95. The van der Waals surface area contributed by atoms with Gasteiger partial charge < -0.3 is 5.43 Å². The fourth-order valence-corrected chi connectivity index (χ4v) is 2.57. The molecule has 0 unspecified atom stereocenters. The molecule has 0 saturated heterocycles. The Morgan fingerprint density at radius 2 is 1.69 bits per heavy atom. The smallest absolute Gasteiger partial charge is 0.0631 e. The van der Waals surface area contributed by atoms with Crippen molar-refractivity contribution in [3.63, 3.8) is 0 Å². The standard InChI is InChI=1S/C14H24N2/c1-2-5-9-13(10-6-3-1)14-11-7-4-8-12-15-16-14/h9,15H,1-8,10-12H2/b13-9+,16-14-. The van der Waals surface area contributed by atoms with Crippen LogP contribution in [0.5, 0.6) is 0 Å². The molecule has 90 valence electrons. The third-order valence-corrected chi connectivity index (χ3v) is 3.58. The maximum absolute atomic E-state index is 4.58. The van der Waals surface area contributed by atoms with E-state index in [1.165, 1.54) is 75.5 Å². The van der Waals surface area contributed by atoms with Crippen molar-refractivity contribution in [1.29, 1.82) is 0 Å². The van der Waals surface area contributed by atoms with Crippen molar-refractivity contribution >= 4 is 5.71 Å². The monoisotopic (exact) mass is 220 g/mol. The van der Waals surface area contributed by atoms with E-state index < -0.39 is 0 Å². The lowest BCUT2D eigenvalue weighted by atomic mass is 9.94. The number of nitrogens with zero attached hydrogens (tertiary/aromatic N) is 1. The van der Waals surface area contributed by atoms with Crippen molar-refractivity contribution in [2.45, 2.75) is 64.2 Å². The van der Waals surface area contributed by atoms with E-state index in [9.17, 15) is 0 Å². The van der Waals surface area contributed by atoms with Crippen LogP contribution in [0.1, 0.15) is 64.2 Å². The highest BCUT2D eigenvalue weighted by Crippen LogP contribution is 2.20. The van der Waals surface area contributed by atoms with Gasteiger partial charge in [0.15, 0.2) is 0 Å². The van der Waals surface area contributed by atoms with Crippen LogP contribution < -0.4 is 5.43 Å². The Morgan fingerprint density at radius 1 is 0.875 bits per heavy atom. The van der Waals surface area contributed by atoms with Crippen molar-refractivity contribution < 1.29 is 0 Å². The highest BCUT2D eigenvalue weighted by Gasteiger charge is 2.10. The second kappa shape index (κ2) is 6.72. The Morgan fingerprint density at radius 3 is 2.69 bits per heavy atom. The molecular weight excluding hydrogens is 196 g/mol. The predicted molar refractivity (Wildman–Crippen MR) is 69.7 cm³/mol. The van der Waals surface area contributed by atoms with E-state index in [2.05, 4.69) is 16.6 Å². The quantitative estimate of drug-likeness (QED) is 0.714. The lowest BCUT2D eigenvalue weighted by Gasteiger charge is -2.16. The minimum atomic E-state index is 1.05. The SMILES string of the molecule is C1=C(/C2=N\NCCCCC2)CCCCCC/1. The molecule has 2 nitrogen and oxygen atoms in total. The number of hydrogen-bond acceptors (Lipinski definition) is 2. The van der Waals surface area contributed by atoms with Gasteiger partial charge in [0.25, 0.3) is 0 Å². The summed E-state index contributed by atoms with van der Waals surface area (Å²) in [5, 5.41) is 4.58. The van der Waals surface area contributed by atoms with Gasteiger partial charge in [0.1, 0.15) is 0 Å². The Hall–Kier alpha value is -0.790. The molecule has 0 radical (unpaired) electrons. The molecule has 0 aromatic heterocycles. The molecule has 0 amide bonds. The fraction of sp³-hybridized carbons (Fsp3) is 0.786. The van der Waals surface area contributed by atoms with E-state index in [0.29, 0.717) is 0 Å². The molecule has 0 atom stereocenters. The first kappa shape index (κ1) is 11.7. The van der Waals surface area contributed by atoms with Crippen LogP contribution in [-0.2, 0) is 0 Å². The lowest BCUT2D eigenvalue weighted by Crippen LogP contribution is -2.16. The van der Waals surface area contributed by atoms with Crippen LogP contribution in [0.3, 0.4) is 0 Å². The summed E-state index contributed by atoms with van der Waals surface area (Å²) in [5.74, 6) is 0. The number of allylic oxidation sites excluding steroid dienone is 2. The average molecular weight is 220 g/mol. The van der Waals surface area contributed by atoms with E-state index >= 15 is 0 Å². The molecule has 16 heavy (non-hydrogen) atoms. The van der Waals surface area contributed by atoms with E-state index in [0.717, 1.165) is 6.54 Å². The van der Waals surface area contributed by atoms with Crippen LogP contribution in [0.4, 0.5) is 0 Å². The van der Waals surface area contributed by atoms with Gasteiger partial charge in [-0.1, -0.05) is 25.3 Å². The summed E-state index contributed by atoms with van der Waals surface area (Å²) in [6.45, 7) is 1.05. The van der Waals surface area contributed by atoms with E-state index in [1.54, 1.807) is 0 Å². The van der Waals surface area contributed by atoms with Crippen LogP contribution in [0, 0.1) is 0 Å². The van der Waals surface area contributed by atoms with Crippen molar-refractivity contribution in [3.8, 4) is 0 Å². The lowest BCUT2D eigenvalue weighted by molar-refractivity contribution is 0.602. The molecule has 1 heterocycles.